The van der Waals surface area contributed by atoms with E-state index >= 15 is 0 Å². The van der Waals surface area contributed by atoms with Crippen LogP contribution in [0.2, 0.25) is 0 Å². The monoisotopic (exact) mass is 354 g/mol. The van der Waals surface area contributed by atoms with Crippen molar-refractivity contribution in [2.24, 2.45) is 0 Å². The van der Waals surface area contributed by atoms with Crippen LogP contribution in [0.5, 0.6) is 11.5 Å². The average molecular weight is 355 g/mol. The number of aromatic carboxylic acids is 1. The second-order valence-electron chi connectivity index (χ2n) is 4.19. The summed E-state index contributed by atoms with van der Waals surface area (Å²) in [5.74, 6) is -0.849. The lowest BCUT2D eigenvalue weighted by Gasteiger charge is -2.12. The molecule has 0 aromatic heterocycles. The molecule has 0 heterocycles. The number of hydrogen-bond donors (Lipinski definition) is 1. The topological polar surface area (TPSA) is 55.8 Å². The SMILES string of the molecule is COc1ccc(C(=O)O)c(OCc2cc(F)ccc2Br)c1. The van der Waals surface area contributed by atoms with Gasteiger partial charge in [0.1, 0.15) is 29.5 Å². The maximum Gasteiger partial charge on any atom is 0.339 e. The summed E-state index contributed by atoms with van der Waals surface area (Å²) in [4.78, 5) is 11.2. The molecule has 0 aliphatic carbocycles. The fourth-order valence-electron chi connectivity index (χ4n) is 1.74. The second-order valence-corrected chi connectivity index (χ2v) is 5.05. The standard InChI is InChI=1S/C15H12BrFO4/c1-20-11-3-4-12(15(18)19)14(7-11)21-8-9-6-10(17)2-5-13(9)16/h2-7H,8H2,1H3,(H,18,19). The molecule has 110 valence electrons. The van der Waals surface area contributed by atoms with E-state index in [4.69, 9.17) is 14.6 Å². The van der Waals surface area contributed by atoms with Crippen molar-refractivity contribution in [1.82, 2.24) is 0 Å². The number of carboxylic acids is 1. The number of benzene rings is 2. The van der Waals surface area contributed by atoms with Gasteiger partial charge in [-0.15, -0.1) is 0 Å². The minimum atomic E-state index is -1.11. The summed E-state index contributed by atoms with van der Waals surface area (Å²) < 4.78 is 24.4. The third-order valence-electron chi connectivity index (χ3n) is 2.81. The zero-order chi connectivity index (χ0) is 15.4. The van der Waals surface area contributed by atoms with Gasteiger partial charge in [-0.1, -0.05) is 15.9 Å². The van der Waals surface area contributed by atoms with Crippen molar-refractivity contribution in [3.8, 4) is 11.5 Å². The van der Waals surface area contributed by atoms with Crippen LogP contribution in [-0.4, -0.2) is 18.2 Å². The van der Waals surface area contributed by atoms with Gasteiger partial charge in [0, 0.05) is 16.1 Å². The van der Waals surface area contributed by atoms with Crippen molar-refractivity contribution >= 4 is 21.9 Å². The third-order valence-corrected chi connectivity index (χ3v) is 3.58. The van der Waals surface area contributed by atoms with Crippen LogP contribution in [0.3, 0.4) is 0 Å². The Labute approximate surface area is 129 Å². The first-order chi connectivity index (χ1) is 10.0. The smallest absolute Gasteiger partial charge is 0.339 e. The lowest BCUT2D eigenvalue weighted by Crippen LogP contribution is -2.04. The molecule has 0 bridgehead atoms. The van der Waals surface area contributed by atoms with Crippen LogP contribution in [0.4, 0.5) is 4.39 Å². The first-order valence-corrected chi connectivity index (χ1v) is 6.78. The first kappa shape index (κ1) is 15.3. The molecule has 6 heteroatoms. The van der Waals surface area contributed by atoms with Crippen molar-refractivity contribution < 1.29 is 23.8 Å². The molecule has 0 fully saturated rings. The molecule has 4 nitrogen and oxygen atoms in total. The Hall–Kier alpha value is -2.08. The quantitative estimate of drug-likeness (QED) is 0.885. The molecule has 2 aromatic rings. The highest BCUT2D eigenvalue weighted by atomic mass is 79.9. The molecule has 0 atom stereocenters. The van der Waals surface area contributed by atoms with Gasteiger partial charge in [0.2, 0.25) is 0 Å². The fourth-order valence-corrected chi connectivity index (χ4v) is 2.10. The summed E-state index contributed by atoms with van der Waals surface area (Å²) >= 11 is 3.29. The molecule has 0 unspecified atom stereocenters. The number of carbonyl (C=O) groups is 1. The van der Waals surface area contributed by atoms with Crippen molar-refractivity contribution in [1.29, 1.82) is 0 Å². The summed E-state index contributed by atoms with van der Waals surface area (Å²) in [5.41, 5.74) is 0.595. The number of carboxylic acid groups (broad SMARTS) is 1. The number of rotatable bonds is 5. The molecule has 0 aliphatic heterocycles. The van der Waals surface area contributed by atoms with Crippen molar-refractivity contribution in [3.63, 3.8) is 0 Å². The van der Waals surface area contributed by atoms with E-state index in [0.717, 1.165) is 0 Å². The third kappa shape index (κ3) is 3.72. The number of methoxy groups -OCH3 is 1. The number of halogens is 2. The molecule has 2 aromatic carbocycles. The lowest BCUT2D eigenvalue weighted by molar-refractivity contribution is 0.0691. The maximum absolute atomic E-state index is 13.2. The molecule has 21 heavy (non-hydrogen) atoms. The van der Waals surface area contributed by atoms with E-state index in [2.05, 4.69) is 15.9 Å². The van der Waals surface area contributed by atoms with Gasteiger partial charge < -0.3 is 14.6 Å². The maximum atomic E-state index is 13.2. The van der Waals surface area contributed by atoms with E-state index in [0.29, 0.717) is 15.8 Å². The van der Waals surface area contributed by atoms with Crippen molar-refractivity contribution in [3.05, 3.63) is 57.8 Å². The zero-order valence-corrected chi connectivity index (χ0v) is 12.7. The molecule has 0 amide bonds. The summed E-state index contributed by atoms with van der Waals surface area (Å²) in [5, 5.41) is 9.14. The summed E-state index contributed by atoms with van der Waals surface area (Å²) in [6, 6.07) is 8.63. The van der Waals surface area contributed by atoms with E-state index < -0.39 is 5.97 Å². The van der Waals surface area contributed by atoms with Crippen molar-refractivity contribution in [2.45, 2.75) is 6.61 Å². The second kappa shape index (κ2) is 6.58. The predicted molar refractivity (Wildman–Crippen MR) is 78.4 cm³/mol. The normalized spacial score (nSPS) is 10.2. The van der Waals surface area contributed by atoms with Gasteiger partial charge in [0.15, 0.2) is 0 Å². The van der Waals surface area contributed by atoms with Crippen LogP contribution in [0.1, 0.15) is 15.9 Å². The molecule has 0 saturated heterocycles. The van der Waals surface area contributed by atoms with E-state index in [1.807, 2.05) is 0 Å². The van der Waals surface area contributed by atoms with Gasteiger partial charge >= 0.3 is 5.97 Å². The van der Waals surface area contributed by atoms with Gasteiger partial charge in [-0.2, -0.15) is 0 Å². The predicted octanol–water partition coefficient (Wildman–Crippen LogP) is 3.87. The van der Waals surface area contributed by atoms with Crippen LogP contribution in [0, 0.1) is 5.82 Å². The van der Waals surface area contributed by atoms with Crippen molar-refractivity contribution in [2.75, 3.05) is 7.11 Å². The van der Waals surface area contributed by atoms with Crippen LogP contribution in [-0.2, 0) is 6.61 Å². The van der Waals surface area contributed by atoms with E-state index in [9.17, 15) is 9.18 Å². The van der Waals surface area contributed by atoms with E-state index in [1.54, 1.807) is 6.07 Å². The number of hydrogen-bond acceptors (Lipinski definition) is 3. The van der Waals surface area contributed by atoms with Gasteiger partial charge in [-0.25, -0.2) is 9.18 Å². The first-order valence-electron chi connectivity index (χ1n) is 5.99. The molecule has 1 N–H and O–H groups in total. The Morgan fingerprint density at radius 1 is 1.29 bits per heavy atom. The number of ether oxygens (including phenoxy) is 2. The van der Waals surface area contributed by atoms with Gasteiger partial charge in [0.05, 0.1) is 7.11 Å². The molecule has 0 aliphatic rings. The van der Waals surface area contributed by atoms with Gasteiger partial charge in [-0.3, -0.25) is 0 Å². The molecule has 2 rings (SSSR count). The van der Waals surface area contributed by atoms with Gasteiger partial charge in [0.25, 0.3) is 0 Å². The van der Waals surface area contributed by atoms with Crippen LogP contribution in [0.15, 0.2) is 40.9 Å². The highest BCUT2D eigenvalue weighted by Crippen LogP contribution is 2.27. The highest BCUT2D eigenvalue weighted by molar-refractivity contribution is 9.10. The fraction of sp³-hybridized carbons (Fsp3) is 0.133. The lowest BCUT2D eigenvalue weighted by atomic mass is 10.2. The minimum absolute atomic E-state index is 0.0170. The Bertz CT molecular complexity index is 673. The zero-order valence-electron chi connectivity index (χ0n) is 11.1. The summed E-state index contributed by atoms with van der Waals surface area (Å²) in [6.45, 7) is 0.0335. The van der Waals surface area contributed by atoms with Gasteiger partial charge in [-0.05, 0) is 30.3 Å². The van der Waals surface area contributed by atoms with E-state index in [1.165, 1.54) is 37.4 Å². The summed E-state index contributed by atoms with van der Waals surface area (Å²) in [7, 11) is 1.47. The highest BCUT2D eigenvalue weighted by Gasteiger charge is 2.13. The van der Waals surface area contributed by atoms with E-state index in [-0.39, 0.29) is 23.7 Å². The molecule has 0 spiro atoms. The Morgan fingerprint density at radius 3 is 2.71 bits per heavy atom. The van der Waals surface area contributed by atoms with Crippen LogP contribution in [0.25, 0.3) is 0 Å². The Balaban J connectivity index is 2.26. The van der Waals surface area contributed by atoms with Crippen LogP contribution < -0.4 is 9.47 Å². The van der Waals surface area contributed by atoms with Crippen LogP contribution >= 0.6 is 15.9 Å². The minimum Gasteiger partial charge on any atom is -0.497 e. The average Bonchev–Trinajstić information content (AvgIpc) is 2.47. The molecule has 0 radical (unpaired) electrons. The summed E-state index contributed by atoms with van der Waals surface area (Å²) in [6.07, 6.45) is 0. The molecular weight excluding hydrogens is 343 g/mol. The largest absolute Gasteiger partial charge is 0.497 e. The Kier molecular flexibility index (Phi) is 4.80. The molecular formula is C15H12BrFO4. The molecule has 0 saturated carbocycles. The Morgan fingerprint density at radius 2 is 2.05 bits per heavy atom.